The van der Waals surface area contributed by atoms with Crippen molar-refractivity contribution in [3.05, 3.63) is 0 Å². The van der Waals surface area contributed by atoms with Gasteiger partial charge in [0.25, 0.3) is 0 Å². The topological polar surface area (TPSA) is 29.5 Å². The fourth-order valence-electron chi connectivity index (χ4n) is 9.42. The first-order chi connectivity index (χ1) is 28.5. The van der Waals surface area contributed by atoms with Gasteiger partial charge < -0.3 is 9.22 Å². The van der Waals surface area contributed by atoms with E-state index in [0.717, 1.165) is 6.42 Å². The molecule has 0 fully saturated rings. The van der Waals surface area contributed by atoms with Crippen LogP contribution in [0.25, 0.3) is 0 Å². The third kappa shape index (κ3) is 41.7. The molecule has 352 valence electrons. The molecular formula is C54H116O2Si2. The molecule has 0 aromatic carbocycles. The first-order valence-corrected chi connectivity index (χ1v) is 32.9. The standard InChI is InChI=1S/C36H78OSi2.C18H38O/c1-7-13-19-25-31-38(32-26-20-14-8-2,33-27-21-15-9-3)37-39(34-28-22-16-10-4,35-29-23-17-11-5)36-30-24-18-12-6;1-2-3-4-5-6-7-8-9-10-11-12-13-14-15-16-17-18-19/h7-36H2,1-6H3;19H,2-18H2,1H3. The van der Waals surface area contributed by atoms with Crippen LogP contribution in [0.5, 0.6) is 0 Å². The van der Waals surface area contributed by atoms with Crippen molar-refractivity contribution in [2.45, 2.75) is 342 Å². The summed E-state index contributed by atoms with van der Waals surface area (Å²) in [4.78, 5) is 0. The van der Waals surface area contributed by atoms with E-state index in [2.05, 4.69) is 48.5 Å². The van der Waals surface area contributed by atoms with Crippen LogP contribution in [0.1, 0.15) is 305 Å². The van der Waals surface area contributed by atoms with Crippen molar-refractivity contribution < 1.29 is 9.22 Å². The van der Waals surface area contributed by atoms with Gasteiger partial charge in [-0.1, -0.05) is 299 Å². The second kappa shape index (κ2) is 50.0. The lowest BCUT2D eigenvalue weighted by Crippen LogP contribution is -2.51. The molecule has 0 rings (SSSR count). The van der Waals surface area contributed by atoms with Gasteiger partial charge in [0.1, 0.15) is 0 Å². The summed E-state index contributed by atoms with van der Waals surface area (Å²) in [5.41, 5.74) is 0. The van der Waals surface area contributed by atoms with Crippen LogP contribution in [0, 0.1) is 0 Å². The fraction of sp³-hybridized carbons (Fsp3) is 1.00. The van der Waals surface area contributed by atoms with Gasteiger partial charge in [-0.05, 0) is 42.7 Å². The van der Waals surface area contributed by atoms with Gasteiger partial charge in [0, 0.05) is 6.61 Å². The zero-order chi connectivity index (χ0) is 42.9. The number of aliphatic hydroxyl groups excluding tert-OH is 1. The summed E-state index contributed by atoms with van der Waals surface area (Å²) in [5.74, 6) is 0. The molecule has 0 saturated heterocycles. The smallest absolute Gasteiger partial charge is 0.179 e. The molecule has 0 amide bonds. The quantitative estimate of drug-likeness (QED) is 0.0488. The second-order valence-corrected chi connectivity index (χ2v) is 27.9. The molecule has 0 aliphatic rings. The van der Waals surface area contributed by atoms with Crippen LogP contribution >= 0.6 is 0 Å². The van der Waals surface area contributed by atoms with E-state index in [0.29, 0.717) is 6.61 Å². The molecule has 2 nitrogen and oxygen atoms in total. The van der Waals surface area contributed by atoms with Gasteiger partial charge >= 0.3 is 0 Å². The predicted octanol–water partition coefficient (Wildman–Crippen LogP) is 20.6. The van der Waals surface area contributed by atoms with Gasteiger partial charge in [0.2, 0.25) is 0 Å². The Morgan fingerprint density at radius 1 is 0.224 bits per heavy atom. The highest BCUT2D eigenvalue weighted by atomic mass is 28.4. The molecule has 4 heteroatoms. The maximum atomic E-state index is 8.67. The van der Waals surface area contributed by atoms with Gasteiger partial charge in [-0.3, -0.25) is 0 Å². The van der Waals surface area contributed by atoms with Crippen LogP contribution < -0.4 is 0 Å². The van der Waals surface area contributed by atoms with E-state index in [9.17, 15) is 0 Å². The van der Waals surface area contributed by atoms with Crippen molar-refractivity contribution in [3.8, 4) is 0 Å². The van der Waals surface area contributed by atoms with E-state index in [1.807, 2.05) is 0 Å². The van der Waals surface area contributed by atoms with Crippen molar-refractivity contribution >= 4 is 16.6 Å². The average molecular weight is 854 g/mol. The number of hydrogen-bond donors (Lipinski definition) is 1. The van der Waals surface area contributed by atoms with E-state index < -0.39 is 16.6 Å². The van der Waals surface area contributed by atoms with Crippen molar-refractivity contribution in [1.82, 2.24) is 0 Å². The highest BCUT2D eigenvalue weighted by Gasteiger charge is 2.43. The third-order valence-corrected chi connectivity index (χ3v) is 24.4. The lowest BCUT2D eigenvalue weighted by Gasteiger charge is -2.44. The Kier molecular flexibility index (Phi) is 52.1. The Hall–Kier alpha value is 0.354. The highest BCUT2D eigenvalue weighted by molar-refractivity contribution is 6.87. The molecule has 58 heavy (non-hydrogen) atoms. The van der Waals surface area contributed by atoms with Gasteiger partial charge in [0.15, 0.2) is 16.6 Å². The molecule has 0 bridgehead atoms. The molecule has 1 N–H and O–H groups in total. The Balaban J connectivity index is 0. The second-order valence-electron chi connectivity index (χ2n) is 19.4. The summed E-state index contributed by atoms with van der Waals surface area (Å²) in [6.45, 7) is 16.9. The molecule has 0 spiro atoms. The van der Waals surface area contributed by atoms with Crippen LogP contribution in [-0.4, -0.2) is 28.3 Å². The Morgan fingerprint density at radius 2 is 0.379 bits per heavy atom. The highest BCUT2D eigenvalue weighted by Crippen LogP contribution is 2.40. The lowest BCUT2D eigenvalue weighted by atomic mass is 10.0. The van der Waals surface area contributed by atoms with Crippen molar-refractivity contribution in [3.63, 3.8) is 0 Å². The molecule has 0 radical (unpaired) electrons. The van der Waals surface area contributed by atoms with Crippen LogP contribution in [0.15, 0.2) is 0 Å². The summed E-state index contributed by atoms with van der Waals surface area (Å²) in [6.07, 6.45) is 56.2. The molecule has 0 saturated carbocycles. The maximum absolute atomic E-state index is 8.67. The van der Waals surface area contributed by atoms with Crippen LogP contribution in [0.2, 0.25) is 36.3 Å². The van der Waals surface area contributed by atoms with E-state index in [4.69, 9.17) is 9.22 Å². The largest absolute Gasteiger partial charge is 0.455 e. The minimum absolute atomic E-state index is 0.373. The monoisotopic (exact) mass is 853 g/mol. The molecule has 0 aromatic heterocycles. The van der Waals surface area contributed by atoms with Crippen molar-refractivity contribution in [2.24, 2.45) is 0 Å². The normalized spacial score (nSPS) is 12.0. The van der Waals surface area contributed by atoms with Gasteiger partial charge in [-0.2, -0.15) is 0 Å². The minimum Gasteiger partial charge on any atom is -0.455 e. The van der Waals surface area contributed by atoms with Crippen molar-refractivity contribution in [2.75, 3.05) is 6.61 Å². The van der Waals surface area contributed by atoms with Gasteiger partial charge in [-0.25, -0.2) is 0 Å². The van der Waals surface area contributed by atoms with E-state index >= 15 is 0 Å². The van der Waals surface area contributed by atoms with Crippen LogP contribution in [-0.2, 0) is 4.12 Å². The van der Waals surface area contributed by atoms with Gasteiger partial charge in [-0.15, -0.1) is 0 Å². The zero-order valence-corrected chi connectivity index (χ0v) is 44.1. The Bertz CT molecular complexity index is 609. The zero-order valence-electron chi connectivity index (χ0n) is 42.1. The number of aliphatic hydroxyl groups is 1. The summed E-state index contributed by atoms with van der Waals surface area (Å²) in [5, 5.41) is 8.67. The molecule has 0 aliphatic heterocycles. The molecule has 0 unspecified atom stereocenters. The SMILES string of the molecule is CCCCCCCCCCCCCCCCCCO.CCCCCC[Si](CCCCCC)(CCCCCC)O[Si](CCCCCC)(CCCCCC)CCCCCC. The molecular weight excluding hydrogens is 737 g/mol. The third-order valence-electron chi connectivity index (χ3n) is 13.4. The molecule has 0 aliphatic carbocycles. The van der Waals surface area contributed by atoms with Crippen molar-refractivity contribution in [1.29, 1.82) is 0 Å². The Morgan fingerprint density at radius 3 is 0.552 bits per heavy atom. The fourth-order valence-corrected chi connectivity index (χ4v) is 22.4. The lowest BCUT2D eigenvalue weighted by molar-refractivity contribution is 0.282. The molecule has 0 aromatic rings. The Labute approximate surface area is 372 Å². The van der Waals surface area contributed by atoms with Crippen LogP contribution in [0.4, 0.5) is 0 Å². The number of unbranched alkanes of at least 4 members (excludes halogenated alkanes) is 33. The van der Waals surface area contributed by atoms with E-state index in [-0.39, 0.29) is 0 Å². The summed E-state index contributed by atoms with van der Waals surface area (Å²) < 4.78 is 8.18. The van der Waals surface area contributed by atoms with Crippen LogP contribution in [0.3, 0.4) is 0 Å². The molecule has 0 heterocycles. The van der Waals surface area contributed by atoms with Gasteiger partial charge in [0.05, 0.1) is 0 Å². The van der Waals surface area contributed by atoms with E-state index in [1.54, 1.807) is 0 Å². The summed E-state index contributed by atoms with van der Waals surface area (Å²) >= 11 is 0. The summed E-state index contributed by atoms with van der Waals surface area (Å²) in [7, 11) is -3.45. The minimum atomic E-state index is -1.72. The first-order valence-electron chi connectivity index (χ1n) is 27.8. The molecule has 0 atom stereocenters. The maximum Gasteiger partial charge on any atom is 0.179 e. The average Bonchev–Trinajstić information content (AvgIpc) is 3.23. The predicted molar refractivity (Wildman–Crippen MR) is 273 cm³/mol. The van der Waals surface area contributed by atoms with E-state index in [1.165, 1.54) is 287 Å². The number of rotatable bonds is 48. The number of hydrogen-bond acceptors (Lipinski definition) is 2. The summed E-state index contributed by atoms with van der Waals surface area (Å²) in [6, 6.07) is 8.91. The first kappa shape index (κ1) is 60.4.